The fourth-order valence-electron chi connectivity index (χ4n) is 3.13. The average molecular weight is 297 g/mol. The van der Waals surface area contributed by atoms with Crippen LogP contribution in [0.25, 0.3) is 0 Å². The number of alkyl halides is 2. The second kappa shape index (κ2) is 4.63. The van der Waals surface area contributed by atoms with Crippen LogP contribution in [0.5, 0.6) is 0 Å². The van der Waals surface area contributed by atoms with Crippen LogP contribution in [0, 0.1) is 11.3 Å². The largest absolute Gasteiger partial charge is 0.378 e. The second-order valence-electron chi connectivity index (χ2n) is 6.16. The Morgan fingerprint density at radius 3 is 2.00 bits per heavy atom. The lowest BCUT2D eigenvalue weighted by atomic mass is 9.58. The second-order valence-corrected chi connectivity index (χ2v) is 8.46. The first kappa shape index (κ1) is 15.1. The first-order valence-corrected chi connectivity index (χ1v) is 8.41. The molecule has 1 aliphatic heterocycles. The molecule has 2 rings (SSSR count). The molecule has 1 aliphatic carbocycles. The summed E-state index contributed by atoms with van der Waals surface area (Å²) < 4.78 is 49.2. The number of aliphatic hydroxyl groups is 1. The van der Waals surface area contributed by atoms with Gasteiger partial charge in [0.25, 0.3) is 0 Å². The number of rotatable bonds is 3. The molecule has 0 aromatic carbocycles. The molecular formula is C12H21F2NO3S. The van der Waals surface area contributed by atoms with Crippen molar-refractivity contribution in [1.29, 1.82) is 0 Å². The van der Waals surface area contributed by atoms with Gasteiger partial charge in [0, 0.05) is 31.3 Å². The molecule has 0 radical (unpaired) electrons. The van der Waals surface area contributed by atoms with E-state index >= 15 is 0 Å². The number of nitrogens with zero attached hydrogens (tertiary/aromatic N) is 1. The highest BCUT2D eigenvalue weighted by Crippen LogP contribution is 2.58. The number of halogens is 2. The van der Waals surface area contributed by atoms with E-state index in [1.807, 2.05) is 13.8 Å². The zero-order chi connectivity index (χ0) is 14.5. The highest BCUT2D eigenvalue weighted by Gasteiger charge is 2.62. The standard InChI is InChI=1S/C12H21F2NO3S/c1-9(2)11(7-12(13,14)8-11)10(16)15-3-5-19(17,18)6-4-15/h9-10,16H,3-8H2,1-2H3. The molecular weight excluding hydrogens is 276 g/mol. The van der Waals surface area contributed by atoms with E-state index in [0.717, 1.165) is 0 Å². The number of hydrogen-bond acceptors (Lipinski definition) is 4. The van der Waals surface area contributed by atoms with E-state index in [2.05, 4.69) is 0 Å². The summed E-state index contributed by atoms with van der Waals surface area (Å²) in [6, 6.07) is 0. The van der Waals surface area contributed by atoms with Gasteiger partial charge in [-0.3, -0.25) is 4.90 Å². The maximum Gasteiger partial charge on any atom is 0.249 e. The van der Waals surface area contributed by atoms with Crippen molar-refractivity contribution in [3.8, 4) is 0 Å². The molecule has 1 N–H and O–H groups in total. The lowest BCUT2D eigenvalue weighted by molar-refractivity contribution is -0.249. The van der Waals surface area contributed by atoms with Crippen molar-refractivity contribution in [3.63, 3.8) is 0 Å². The van der Waals surface area contributed by atoms with Crippen molar-refractivity contribution in [2.45, 2.75) is 38.8 Å². The number of hydrogen-bond donors (Lipinski definition) is 1. The summed E-state index contributed by atoms with van der Waals surface area (Å²) >= 11 is 0. The molecule has 1 saturated carbocycles. The minimum Gasteiger partial charge on any atom is -0.378 e. The summed E-state index contributed by atoms with van der Waals surface area (Å²) in [7, 11) is -3.03. The highest BCUT2D eigenvalue weighted by molar-refractivity contribution is 7.91. The lowest BCUT2D eigenvalue weighted by Crippen LogP contribution is -2.62. The van der Waals surface area contributed by atoms with Crippen LogP contribution >= 0.6 is 0 Å². The number of sulfone groups is 1. The zero-order valence-corrected chi connectivity index (χ0v) is 12.1. The number of aliphatic hydroxyl groups excluding tert-OH is 1. The van der Waals surface area contributed by atoms with E-state index in [9.17, 15) is 22.3 Å². The Bertz CT molecular complexity index is 428. The molecule has 2 fully saturated rings. The predicted octanol–water partition coefficient (Wildman–Crippen LogP) is 1.11. The van der Waals surface area contributed by atoms with Gasteiger partial charge >= 0.3 is 0 Å². The van der Waals surface area contributed by atoms with Gasteiger partial charge < -0.3 is 5.11 Å². The summed E-state index contributed by atoms with van der Waals surface area (Å²) in [6.45, 7) is 4.12. The van der Waals surface area contributed by atoms with Gasteiger partial charge in [-0.1, -0.05) is 13.8 Å². The fraction of sp³-hybridized carbons (Fsp3) is 1.00. The van der Waals surface area contributed by atoms with Crippen LogP contribution in [0.2, 0.25) is 0 Å². The Morgan fingerprint density at radius 2 is 1.63 bits per heavy atom. The average Bonchev–Trinajstić information content (AvgIpc) is 2.24. The molecule has 0 aromatic rings. The summed E-state index contributed by atoms with van der Waals surface area (Å²) in [5, 5.41) is 10.4. The highest BCUT2D eigenvalue weighted by atomic mass is 32.2. The van der Waals surface area contributed by atoms with Gasteiger partial charge in [-0.2, -0.15) is 0 Å². The van der Waals surface area contributed by atoms with Gasteiger partial charge in [-0.05, 0) is 5.92 Å². The third-order valence-corrected chi connectivity index (χ3v) is 6.17. The Balaban J connectivity index is 2.08. The van der Waals surface area contributed by atoms with Crippen LogP contribution in [0.15, 0.2) is 0 Å². The van der Waals surface area contributed by atoms with E-state index in [4.69, 9.17) is 0 Å². The van der Waals surface area contributed by atoms with Crippen molar-refractivity contribution in [1.82, 2.24) is 4.90 Å². The summed E-state index contributed by atoms with van der Waals surface area (Å²) in [4.78, 5) is 1.64. The van der Waals surface area contributed by atoms with Crippen LogP contribution < -0.4 is 0 Å². The Kier molecular flexibility index (Phi) is 3.69. The third kappa shape index (κ3) is 2.78. The van der Waals surface area contributed by atoms with Crippen LogP contribution in [0.3, 0.4) is 0 Å². The van der Waals surface area contributed by atoms with Crippen LogP contribution in [-0.4, -0.2) is 55.2 Å². The quantitative estimate of drug-likeness (QED) is 0.848. The molecule has 0 bridgehead atoms. The van der Waals surface area contributed by atoms with Gasteiger partial charge in [0.2, 0.25) is 5.92 Å². The summed E-state index contributed by atoms with van der Waals surface area (Å²) in [6.07, 6.45) is -1.62. The normalized spacial score (nSPS) is 30.8. The molecule has 0 spiro atoms. The molecule has 1 saturated heterocycles. The van der Waals surface area contributed by atoms with Crippen LogP contribution in [-0.2, 0) is 9.84 Å². The van der Waals surface area contributed by atoms with E-state index < -0.39 is 27.4 Å². The fourth-order valence-corrected chi connectivity index (χ4v) is 4.36. The van der Waals surface area contributed by atoms with Crippen molar-refractivity contribution in [2.75, 3.05) is 24.6 Å². The Hall–Kier alpha value is -0.270. The van der Waals surface area contributed by atoms with Crippen LogP contribution in [0.4, 0.5) is 8.78 Å². The van der Waals surface area contributed by atoms with Crippen molar-refractivity contribution < 1.29 is 22.3 Å². The minimum absolute atomic E-state index is 0.00533. The lowest BCUT2D eigenvalue weighted by Gasteiger charge is -2.55. The molecule has 7 heteroatoms. The van der Waals surface area contributed by atoms with Crippen molar-refractivity contribution in [3.05, 3.63) is 0 Å². The molecule has 112 valence electrons. The maximum absolute atomic E-state index is 13.2. The van der Waals surface area contributed by atoms with Gasteiger partial charge in [-0.15, -0.1) is 0 Å². The molecule has 19 heavy (non-hydrogen) atoms. The smallest absolute Gasteiger partial charge is 0.249 e. The molecule has 0 aromatic heterocycles. The zero-order valence-electron chi connectivity index (χ0n) is 11.3. The Labute approximate surface area is 112 Å². The van der Waals surface area contributed by atoms with Gasteiger partial charge in [0.1, 0.15) is 6.23 Å². The molecule has 1 unspecified atom stereocenters. The van der Waals surface area contributed by atoms with Gasteiger partial charge in [0.05, 0.1) is 11.5 Å². The molecule has 1 atom stereocenters. The van der Waals surface area contributed by atoms with Gasteiger partial charge in [-0.25, -0.2) is 17.2 Å². The van der Waals surface area contributed by atoms with Crippen LogP contribution in [0.1, 0.15) is 26.7 Å². The Morgan fingerprint density at radius 1 is 1.16 bits per heavy atom. The van der Waals surface area contributed by atoms with Gasteiger partial charge in [0.15, 0.2) is 9.84 Å². The first-order valence-electron chi connectivity index (χ1n) is 6.58. The summed E-state index contributed by atoms with van der Waals surface area (Å²) in [5.74, 6) is -2.78. The topological polar surface area (TPSA) is 57.6 Å². The van der Waals surface area contributed by atoms with Crippen molar-refractivity contribution >= 4 is 9.84 Å². The molecule has 4 nitrogen and oxygen atoms in total. The van der Waals surface area contributed by atoms with E-state index in [0.29, 0.717) is 0 Å². The van der Waals surface area contributed by atoms with E-state index in [-0.39, 0.29) is 43.4 Å². The van der Waals surface area contributed by atoms with E-state index in [1.165, 1.54) is 0 Å². The van der Waals surface area contributed by atoms with Crippen molar-refractivity contribution in [2.24, 2.45) is 11.3 Å². The summed E-state index contributed by atoms with van der Waals surface area (Å²) in [5.41, 5.74) is -0.815. The maximum atomic E-state index is 13.2. The third-order valence-electron chi connectivity index (χ3n) is 4.56. The first-order chi connectivity index (χ1) is 8.58. The monoisotopic (exact) mass is 297 g/mol. The minimum atomic E-state index is -3.03. The predicted molar refractivity (Wildman–Crippen MR) is 67.7 cm³/mol. The molecule has 2 aliphatic rings. The van der Waals surface area contributed by atoms with E-state index in [1.54, 1.807) is 4.90 Å². The SMILES string of the molecule is CC(C)C1(C(O)N2CCS(=O)(=O)CC2)CC(F)(F)C1. The molecule has 0 amide bonds. The molecule has 1 heterocycles.